The van der Waals surface area contributed by atoms with Crippen LogP contribution in [0.1, 0.15) is 18.0 Å². The third-order valence-electron chi connectivity index (χ3n) is 2.61. The molecule has 1 amide bonds. The Morgan fingerprint density at radius 1 is 1.25 bits per heavy atom. The molecule has 0 radical (unpaired) electrons. The van der Waals surface area contributed by atoms with Crippen molar-refractivity contribution in [2.45, 2.75) is 18.6 Å². The summed E-state index contributed by atoms with van der Waals surface area (Å²) in [5, 5.41) is 4.36. The van der Waals surface area contributed by atoms with Gasteiger partial charge in [-0.3, -0.25) is 0 Å². The Balaban J connectivity index is 2.10. The molecule has 0 N–H and O–H groups in total. The molecule has 1 aliphatic rings. The monoisotopic (exact) mass is 286 g/mol. The van der Waals surface area contributed by atoms with Gasteiger partial charge in [0.2, 0.25) is 0 Å². The molecule has 0 bridgehead atoms. The number of carbonyl (C=O) groups is 2. The first-order valence-electron chi connectivity index (χ1n) is 5.59. The molecule has 1 atom stereocenters. The highest BCUT2D eigenvalue weighted by atomic mass is 19.4. The molecule has 1 aromatic carbocycles. The van der Waals surface area contributed by atoms with E-state index in [2.05, 4.69) is 9.84 Å². The van der Waals surface area contributed by atoms with Crippen LogP contribution in [0.15, 0.2) is 35.4 Å². The van der Waals surface area contributed by atoms with Gasteiger partial charge in [-0.1, -0.05) is 30.3 Å². The average Bonchev–Trinajstić information content (AvgIpc) is 2.87. The van der Waals surface area contributed by atoms with Crippen molar-refractivity contribution in [3.63, 3.8) is 0 Å². The number of hydrogen-bond donors (Lipinski definition) is 0. The van der Waals surface area contributed by atoms with E-state index in [-0.39, 0.29) is 0 Å². The molecular weight excluding hydrogens is 277 g/mol. The van der Waals surface area contributed by atoms with Crippen molar-refractivity contribution >= 4 is 18.3 Å². The largest absolute Gasteiger partial charge is 0.491 e. The summed E-state index contributed by atoms with van der Waals surface area (Å²) >= 11 is 0. The van der Waals surface area contributed by atoms with Gasteiger partial charge in [0.15, 0.2) is 0 Å². The summed E-state index contributed by atoms with van der Waals surface area (Å²) in [4.78, 5) is 22.2. The summed E-state index contributed by atoms with van der Waals surface area (Å²) in [5.74, 6) is -2.56. The number of carbonyl (C=O) groups excluding carboxylic acids is 2. The number of halogens is 3. The molecule has 20 heavy (non-hydrogen) atoms. The third kappa shape index (κ3) is 2.95. The standard InChI is InChI=1S/C12H9F3N2O3/c13-12(14,15)10(18)20-11(19)17-9(6-7-16-17)8-4-2-1-3-5-8/h1-5,7,9H,6H2. The molecule has 1 heterocycles. The zero-order chi connectivity index (χ0) is 14.8. The maximum absolute atomic E-state index is 12.0. The summed E-state index contributed by atoms with van der Waals surface area (Å²) in [6.45, 7) is 0. The van der Waals surface area contributed by atoms with Gasteiger partial charge in [-0.2, -0.15) is 23.3 Å². The molecule has 2 rings (SSSR count). The first-order valence-corrected chi connectivity index (χ1v) is 5.59. The number of benzene rings is 1. The number of hydrogen-bond acceptors (Lipinski definition) is 4. The Kier molecular flexibility index (Phi) is 3.73. The topological polar surface area (TPSA) is 59.0 Å². The molecule has 106 valence electrons. The van der Waals surface area contributed by atoms with Crippen molar-refractivity contribution in [3.8, 4) is 0 Å². The number of esters is 1. The number of ether oxygens (including phenoxy) is 1. The zero-order valence-electron chi connectivity index (χ0n) is 10.0. The highest BCUT2D eigenvalue weighted by Gasteiger charge is 2.44. The van der Waals surface area contributed by atoms with Crippen LogP contribution in [0, 0.1) is 0 Å². The predicted octanol–water partition coefficient (Wildman–Crippen LogP) is 2.64. The molecular formula is C12H9F3N2O3. The maximum Gasteiger partial charge on any atom is 0.491 e. The zero-order valence-corrected chi connectivity index (χ0v) is 10.0. The molecule has 0 aromatic heterocycles. The molecule has 1 aromatic rings. The summed E-state index contributed by atoms with van der Waals surface area (Å²) in [6.07, 6.45) is -4.97. The second kappa shape index (κ2) is 5.32. The first-order chi connectivity index (χ1) is 9.39. The predicted molar refractivity (Wildman–Crippen MR) is 61.7 cm³/mol. The molecule has 0 spiro atoms. The van der Waals surface area contributed by atoms with Gasteiger partial charge in [0, 0.05) is 12.6 Å². The Hall–Kier alpha value is -2.38. The van der Waals surface area contributed by atoms with Crippen molar-refractivity contribution in [2.24, 2.45) is 5.10 Å². The maximum atomic E-state index is 12.0. The van der Waals surface area contributed by atoms with Crippen molar-refractivity contribution in [1.82, 2.24) is 5.01 Å². The first kappa shape index (κ1) is 14.0. The van der Waals surface area contributed by atoms with Crippen LogP contribution in [-0.2, 0) is 9.53 Å². The van der Waals surface area contributed by atoms with E-state index in [0.29, 0.717) is 12.0 Å². The average molecular weight is 286 g/mol. The lowest BCUT2D eigenvalue weighted by atomic mass is 10.1. The van der Waals surface area contributed by atoms with Crippen molar-refractivity contribution in [3.05, 3.63) is 35.9 Å². The van der Waals surface area contributed by atoms with Gasteiger partial charge in [0.05, 0.1) is 6.04 Å². The Morgan fingerprint density at radius 2 is 1.90 bits per heavy atom. The molecule has 0 saturated carbocycles. The van der Waals surface area contributed by atoms with Crippen LogP contribution in [0.5, 0.6) is 0 Å². The smallest absolute Gasteiger partial charge is 0.368 e. The van der Waals surface area contributed by atoms with Gasteiger partial charge in [-0.25, -0.2) is 9.59 Å². The van der Waals surface area contributed by atoms with E-state index in [1.807, 2.05) is 0 Å². The minimum absolute atomic E-state index is 0.333. The number of hydrazone groups is 1. The lowest BCUT2D eigenvalue weighted by Gasteiger charge is -2.21. The normalized spacial score (nSPS) is 18.1. The summed E-state index contributed by atoms with van der Waals surface area (Å²) in [7, 11) is 0. The quantitative estimate of drug-likeness (QED) is 0.589. The summed E-state index contributed by atoms with van der Waals surface area (Å²) < 4.78 is 39.9. The second-order valence-electron chi connectivity index (χ2n) is 3.96. The highest BCUT2D eigenvalue weighted by Crippen LogP contribution is 2.29. The number of amides is 1. The lowest BCUT2D eigenvalue weighted by Crippen LogP contribution is -2.34. The van der Waals surface area contributed by atoms with Crippen LogP contribution in [0.25, 0.3) is 0 Å². The van der Waals surface area contributed by atoms with Crippen molar-refractivity contribution in [1.29, 1.82) is 0 Å². The summed E-state index contributed by atoms with van der Waals surface area (Å²) in [6, 6.07) is 8.02. The van der Waals surface area contributed by atoms with Gasteiger partial charge in [0.25, 0.3) is 0 Å². The fourth-order valence-corrected chi connectivity index (χ4v) is 1.73. The Labute approximate surface area is 111 Å². The molecule has 8 heteroatoms. The van der Waals surface area contributed by atoms with E-state index >= 15 is 0 Å². The van der Waals surface area contributed by atoms with E-state index in [4.69, 9.17) is 0 Å². The fourth-order valence-electron chi connectivity index (χ4n) is 1.73. The van der Waals surface area contributed by atoms with Crippen LogP contribution in [0.3, 0.4) is 0 Å². The second-order valence-corrected chi connectivity index (χ2v) is 3.96. The van der Waals surface area contributed by atoms with Crippen molar-refractivity contribution < 1.29 is 27.5 Å². The molecule has 0 saturated heterocycles. The molecule has 0 aliphatic carbocycles. The number of nitrogens with zero attached hydrogens (tertiary/aromatic N) is 2. The molecule has 0 fully saturated rings. The van der Waals surface area contributed by atoms with Gasteiger partial charge >= 0.3 is 18.2 Å². The number of alkyl halides is 3. The van der Waals surface area contributed by atoms with Crippen LogP contribution in [0.2, 0.25) is 0 Å². The summed E-state index contributed by atoms with van der Waals surface area (Å²) in [5.41, 5.74) is 0.682. The SMILES string of the molecule is O=C(OC(=O)C(F)(F)F)N1N=CCC1c1ccccc1. The van der Waals surface area contributed by atoms with E-state index in [1.54, 1.807) is 30.3 Å². The van der Waals surface area contributed by atoms with Gasteiger partial charge in [0.1, 0.15) is 0 Å². The van der Waals surface area contributed by atoms with Crippen molar-refractivity contribution in [2.75, 3.05) is 0 Å². The lowest BCUT2D eigenvalue weighted by molar-refractivity contribution is -0.194. The van der Waals surface area contributed by atoms with E-state index in [9.17, 15) is 22.8 Å². The van der Waals surface area contributed by atoms with E-state index in [0.717, 1.165) is 5.01 Å². The van der Waals surface area contributed by atoms with Crippen LogP contribution in [0.4, 0.5) is 18.0 Å². The third-order valence-corrected chi connectivity index (χ3v) is 2.61. The minimum atomic E-state index is -5.22. The highest BCUT2D eigenvalue weighted by molar-refractivity contribution is 5.88. The van der Waals surface area contributed by atoms with Gasteiger partial charge in [-0.05, 0) is 5.56 Å². The van der Waals surface area contributed by atoms with Gasteiger partial charge < -0.3 is 4.74 Å². The van der Waals surface area contributed by atoms with Crippen LogP contribution in [-0.4, -0.2) is 29.5 Å². The molecule has 1 aliphatic heterocycles. The fraction of sp³-hybridized carbons (Fsp3) is 0.250. The van der Waals surface area contributed by atoms with E-state index < -0.39 is 24.3 Å². The Morgan fingerprint density at radius 3 is 2.50 bits per heavy atom. The number of rotatable bonds is 1. The molecule has 5 nitrogen and oxygen atoms in total. The molecule has 1 unspecified atom stereocenters. The minimum Gasteiger partial charge on any atom is -0.368 e. The Bertz CT molecular complexity index is 543. The van der Waals surface area contributed by atoms with Crippen LogP contribution >= 0.6 is 0 Å². The van der Waals surface area contributed by atoms with E-state index in [1.165, 1.54) is 6.21 Å². The van der Waals surface area contributed by atoms with Gasteiger partial charge in [-0.15, -0.1) is 0 Å². The van der Waals surface area contributed by atoms with Crippen LogP contribution < -0.4 is 0 Å².